The molecule has 5 nitrogen and oxygen atoms in total. The molecule has 0 spiro atoms. The lowest BCUT2D eigenvalue weighted by Gasteiger charge is -2.27. The summed E-state index contributed by atoms with van der Waals surface area (Å²) in [6, 6.07) is 20.0. The molecule has 0 aliphatic carbocycles. The molecular formula is C23H20N4O. The topological polar surface area (TPSA) is 51.0 Å². The van der Waals surface area contributed by atoms with Gasteiger partial charge in [0.2, 0.25) is 0 Å². The normalized spacial score (nSPS) is 13.5. The molecule has 5 rings (SSSR count). The summed E-state index contributed by atoms with van der Waals surface area (Å²) in [6.07, 6.45) is 2.54. The molecule has 28 heavy (non-hydrogen) atoms. The largest absolute Gasteiger partial charge is 0.332 e. The third kappa shape index (κ3) is 2.67. The first-order valence-corrected chi connectivity index (χ1v) is 9.45. The van der Waals surface area contributed by atoms with Gasteiger partial charge >= 0.3 is 0 Å². The van der Waals surface area contributed by atoms with E-state index in [9.17, 15) is 4.79 Å². The predicted octanol–water partition coefficient (Wildman–Crippen LogP) is 3.83. The summed E-state index contributed by atoms with van der Waals surface area (Å²) in [4.78, 5) is 19.6. The molecule has 1 aliphatic rings. The van der Waals surface area contributed by atoms with E-state index in [1.54, 1.807) is 6.20 Å². The second-order valence-electron chi connectivity index (χ2n) is 7.12. The molecule has 2 aromatic heterocycles. The Balaban J connectivity index is 1.49. The van der Waals surface area contributed by atoms with Gasteiger partial charge in [-0.05, 0) is 18.6 Å². The monoisotopic (exact) mass is 368 g/mol. The van der Waals surface area contributed by atoms with E-state index in [2.05, 4.69) is 17.1 Å². The zero-order valence-corrected chi connectivity index (χ0v) is 15.7. The van der Waals surface area contributed by atoms with E-state index in [1.807, 2.05) is 65.2 Å². The van der Waals surface area contributed by atoms with Crippen molar-refractivity contribution >= 4 is 16.8 Å². The molecule has 138 valence electrons. The van der Waals surface area contributed by atoms with E-state index in [-0.39, 0.29) is 5.91 Å². The number of rotatable bonds is 2. The highest BCUT2D eigenvalue weighted by molar-refractivity contribution is 6.05. The van der Waals surface area contributed by atoms with E-state index < -0.39 is 0 Å². The predicted molar refractivity (Wildman–Crippen MR) is 109 cm³/mol. The molecule has 0 saturated carbocycles. The zero-order chi connectivity index (χ0) is 19.1. The lowest BCUT2D eigenvalue weighted by molar-refractivity contribution is 0.0734. The maximum atomic E-state index is 13.2. The Bertz CT molecular complexity index is 1170. The molecule has 0 unspecified atom stereocenters. The minimum atomic E-state index is 0.0156. The van der Waals surface area contributed by atoms with Crippen LogP contribution in [0.2, 0.25) is 0 Å². The van der Waals surface area contributed by atoms with Crippen molar-refractivity contribution in [2.45, 2.75) is 13.0 Å². The van der Waals surface area contributed by atoms with Gasteiger partial charge in [0, 0.05) is 36.3 Å². The first kappa shape index (κ1) is 16.7. The van der Waals surface area contributed by atoms with Crippen molar-refractivity contribution in [2.24, 2.45) is 7.05 Å². The van der Waals surface area contributed by atoms with Gasteiger partial charge in [-0.25, -0.2) is 0 Å². The van der Waals surface area contributed by atoms with Crippen LogP contribution in [0.1, 0.15) is 21.6 Å². The number of pyridine rings is 1. The van der Waals surface area contributed by atoms with E-state index in [0.29, 0.717) is 18.7 Å². The van der Waals surface area contributed by atoms with Crippen molar-refractivity contribution in [2.75, 3.05) is 6.54 Å². The molecule has 3 heterocycles. The molecule has 5 heteroatoms. The zero-order valence-electron chi connectivity index (χ0n) is 15.7. The van der Waals surface area contributed by atoms with Gasteiger partial charge in [0.25, 0.3) is 5.91 Å². The average molecular weight is 368 g/mol. The molecule has 0 saturated heterocycles. The number of carbonyl (C=O) groups is 1. The van der Waals surface area contributed by atoms with Crippen LogP contribution < -0.4 is 0 Å². The van der Waals surface area contributed by atoms with Gasteiger partial charge in [0.1, 0.15) is 0 Å². The minimum absolute atomic E-state index is 0.0156. The van der Waals surface area contributed by atoms with Crippen molar-refractivity contribution in [3.8, 4) is 11.3 Å². The molecule has 0 radical (unpaired) electrons. The van der Waals surface area contributed by atoms with Gasteiger partial charge in [-0.3, -0.25) is 14.5 Å². The fourth-order valence-corrected chi connectivity index (χ4v) is 4.10. The van der Waals surface area contributed by atoms with Crippen LogP contribution in [0, 0.1) is 0 Å². The number of para-hydroxylation sites is 1. The van der Waals surface area contributed by atoms with Crippen LogP contribution in [0.5, 0.6) is 0 Å². The maximum Gasteiger partial charge on any atom is 0.256 e. The molecule has 4 aromatic rings. The number of aryl methyl sites for hydroxylation is 1. The van der Waals surface area contributed by atoms with Crippen LogP contribution >= 0.6 is 0 Å². The summed E-state index contributed by atoms with van der Waals surface area (Å²) < 4.78 is 1.94. The van der Waals surface area contributed by atoms with Crippen LogP contribution in [-0.4, -0.2) is 32.1 Å². The van der Waals surface area contributed by atoms with E-state index in [1.165, 1.54) is 5.56 Å². The average Bonchev–Trinajstić information content (AvgIpc) is 3.08. The standard InChI is InChI=1S/C23H20N4O/c1-26-22(17-7-3-2-4-8-17)18-12-14-27(15-20(18)25-26)23(28)19-11-5-9-16-10-6-13-24-21(16)19/h2-11,13H,12,14-15H2,1H3. The van der Waals surface area contributed by atoms with E-state index >= 15 is 0 Å². The quantitative estimate of drug-likeness (QED) is 0.540. The SMILES string of the molecule is Cn1nc2c(c1-c1ccccc1)CCN(C(=O)c1cccc3cccnc13)C2. The number of amides is 1. The van der Waals surface area contributed by atoms with Gasteiger partial charge in [-0.1, -0.05) is 48.5 Å². The molecule has 0 bridgehead atoms. The van der Waals surface area contributed by atoms with Crippen molar-refractivity contribution in [3.63, 3.8) is 0 Å². The molecule has 1 aliphatic heterocycles. The first-order chi connectivity index (χ1) is 13.7. The number of hydrogen-bond acceptors (Lipinski definition) is 3. The molecule has 0 fully saturated rings. The summed E-state index contributed by atoms with van der Waals surface area (Å²) in [5.41, 5.74) is 5.95. The Labute approximate surface area is 163 Å². The van der Waals surface area contributed by atoms with Crippen molar-refractivity contribution in [1.82, 2.24) is 19.7 Å². The lowest BCUT2D eigenvalue weighted by Crippen LogP contribution is -2.36. The molecule has 0 N–H and O–H groups in total. The highest BCUT2D eigenvalue weighted by Gasteiger charge is 2.28. The van der Waals surface area contributed by atoms with Gasteiger partial charge in [0.15, 0.2) is 0 Å². The first-order valence-electron chi connectivity index (χ1n) is 9.45. The summed E-state index contributed by atoms with van der Waals surface area (Å²) in [5.74, 6) is 0.0156. The Hall–Kier alpha value is -3.47. The molecular weight excluding hydrogens is 348 g/mol. The molecule has 0 atom stereocenters. The van der Waals surface area contributed by atoms with Crippen LogP contribution in [0.4, 0.5) is 0 Å². The van der Waals surface area contributed by atoms with Crippen LogP contribution in [0.3, 0.4) is 0 Å². The highest BCUT2D eigenvalue weighted by atomic mass is 16.2. The Kier molecular flexibility index (Phi) is 3.93. The number of nitrogens with zero attached hydrogens (tertiary/aromatic N) is 4. The maximum absolute atomic E-state index is 13.2. The van der Waals surface area contributed by atoms with Gasteiger partial charge in [0.05, 0.1) is 29.0 Å². The Morgan fingerprint density at radius 2 is 1.82 bits per heavy atom. The lowest BCUT2D eigenvalue weighted by atomic mass is 9.99. The Morgan fingerprint density at radius 1 is 1.00 bits per heavy atom. The number of fused-ring (bicyclic) bond motifs is 2. The highest BCUT2D eigenvalue weighted by Crippen LogP contribution is 2.30. The van der Waals surface area contributed by atoms with Crippen LogP contribution in [0.15, 0.2) is 66.9 Å². The summed E-state index contributed by atoms with van der Waals surface area (Å²) >= 11 is 0. The fraction of sp³-hybridized carbons (Fsp3) is 0.174. The number of benzene rings is 2. The van der Waals surface area contributed by atoms with Gasteiger partial charge < -0.3 is 4.90 Å². The van der Waals surface area contributed by atoms with Crippen LogP contribution in [-0.2, 0) is 20.0 Å². The van der Waals surface area contributed by atoms with Gasteiger partial charge in [-0.15, -0.1) is 0 Å². The summed E-state index contributed by atoms with van der Waals surface area (Å²) in [5, 5.41) is 5.71. The van der Waals surface area contributed by atoms with E-state index in [0.717, 1.165) is 34.3 Å². The molecule has 2 aromatic carbocycles. The summed E-state index contributed by atoms with van der Waals surface area (Å²) in [7, 11) is 1.97. The van der Waals surface area contributed by atoms with Gasteiger partial charge in [-0.2, -0.15) is 5.10 Å². The van der Waals surface area contributed by atoms with E-state index in [4.69, 9.17) is 5.10 Å². The third-order valence-electron chi connectivity index (χ3n) is 5.40. The second kappa shape index (κ2) is 6.60. The number of aromatic nitrogens is 3. The Morgan fingerprint density at radius 3 is 2.68 bits per heavy atom. The number of carbonyl (C=O) groups excluding carboxylic acids is 1. The number of hydrogen-bond donors (Lipinski definition) is 0. The van der Waals surface area contributed by atoms with Crippen LogP contribution in [0.25, 0.3) is 22.2 Å². The second-order valence-corrected chi connectivity index (χ2v) is 7.12. The molecule has 1 amide bonds. The van der Waals surface area contributed by atoms with Crippen molar-refractivity contribution in [3.05, 3.63) is 83.7 Å². The summed E-state index contributed by atoms with van der Waals surface area (Å²) in [6.45, 7) is 1.21. The van der Waals surface area contributed by atoms with Crippen molar-refractivity contribution < 1.29 is 4.79 Å². The third-order valence-corrected chi connectivity index (χ3v) is 5.40. The minimum Gasteiger partial charge on any atom is -0.332 e. The fourth-order valence-electron chi connectivity index (χ4n) is 4.10. The van der Waals surface area contributed by atoms with Crippen molar-refractivity contribution in [1.29, 1.82) is 0 Å². The smallest absolute Gasteiger partial charge is 0.256 e.